The van der Waals surface area contributed by atoms with Crippen LogP contribution in [-0.4, -0.2) is 46.8 Å². The van der Waals surface area contributed by atoms with E-state index in [1.165, 1.54) is 0 Å². The summed E-state index contributed by atoms with van der Waals surface area (Å²) in [7, 11) is 0. The molecule has 3 N–H and O–H groups in total. The number of epoxide rings is 1. The van der Waals surface area contributed by atoms with Gasteiger partial charge in [-0.1, -0.05) is 0 Å². The summed E-state index contributed by atoms with van der Waals surface area (Å²) >= 11 is 0. The van der Waals surface area contributed by atoms with Gasteiger partial charge in [-0.05, 0) is 6.42 Å². The van der Waals surface area contributed by atoms with Gasteiger partial charge >= 0.3 is 0 Å². The van der Waals surface area contributed by atoms with Crippen molar-refractivity contribution in [1.29, 1.82) is 0 Å². The van der Waals surface area contributed by atoms with E-state index in [9.17, 15) is 0 Å². The highest BCUT2D eigenvalue weighted by Crippen LogP contribution is 2.17. The first kappa shape index (κ1) is 7.94. The number of aliphatic hydroxyl groups is 3. The van der Waals surface area contributed by atoms with Gasteiger partial charge in [0.2, 0.25) is 0 Å². The Morgan fingerprint density at radius 1 is 1.50 bits per heavy atom. The monoisotopic (exact) mass is 148 g/mol. The van der Waals surface area contributed by atoms with E-state index in [4.69, 9.17) is 20.1 Å². The second-order valence-electron chi connectivity index (χ2n) is 2.44. The van der Waals surface area contributed by atoms with Gasteiger partial charge < -0.3 is 20.1 Å². The van der Waals surface area contributed by atoms with Crippen LogP contribution in [0.4, 0.5) is 0 Å². The van der Waals surface area contributed by atoms with E-state index in [2.05, 4.69) is 0 Å². The molecule has 0 amide bonds. The SMILES string of the molecule is OCCC(O)C(O)C1CO1. The van der Waals surface area contributed by atoms with E-state index in [0.29, 0.717) is 6.61 Å². The van der Waals surface area contributed by atoms with Gasteiger partial charge in [-0.2, -0.15) is 0 Å². The van der Waals surface area contributed by atoms with Gasteiger partial charge in [0, 0.05) is 6.61 Å². The minimum absolute atomic E-state index is 0.106. The molecule has 4 nitrogen and oxygen atoms in total. The van der Waals surface area contributed by atoms with Crippen LogP contribution < -0.4 is 0 Å². The lowest BCUT2D eigenvalue weighted by Crippen LogP contribution is -2.31. The van der Waals surface area contributed by atoms with Crippen molar-refractivity contribution in [3.63, 3.8) is 0 Å². The molecule has 4 heteroatoms. The lowest BCUT2D eigenvalue weighted by atomic mass is 10.1. The predicted octanol–water partition coefficient (Wildman–Crippen LogP) is -1.51. The van der Waals surface area contributed by atoms with Gasteiger partial charge in [0.15, 0.2) is 0 Å². The van der Waals surface area contributed by atoms with Crippen LogP contribution >= 0.6 is 0 Å². The van der Waals surface area contributed by atoms with Crippen molar-refractivity contribution in [3.05, 3.63) is 0 Å². The first-order chi connectivity index (χ1) is 4.75. The van der Waals surface area contributed by atoms with Crippen molar-refractivity contribution in [2.24, 2.45) is 0 Å². The standard InChI is InChI=1S/C6H12O4/c7-2-1-4(8)6(9)5-3-10-5/h4-9H,1-3H2. The molecule has 0 saturated carbocycles. The van der Waals surface area contributed by atoms with Crippen LogP contribution in [0.15, 0.2) is 0 Å². The summed E-state index contributed by atoms with van der Waals surface area (Å²) in [5, 5.41) is 26.5. The Balaban J connectivity index is 2.17. The molecule has 0 aromatic rings. The van der Waals surface area contributed by atoms with Crippen molar-refractivity contribution in [3.8, 4) is 0 Å². The Morgan fingerprint density at radius 2 is 2.10 bits per heavy atom. The van der Waals surface area contributed by atoms with Crippen LogP contribution in [-0.2, 0) is 4.74 Å². The maximum Gasteiger partial charge on any atom is 0.109 e. The first-order valence-corrected chi connectivity index (χ1v) is 3.34. The van der Waals surface area contributed by atoms with Crippen LogP contribution in [0.2, 0.25) is 0 Å². The maximum atomic E-state index is 9.10. The smallest absolute Gasteiger partial charge is 0.109 e. The second-order valence-corrected chi connectivity index (χ2v) is 2.44. The van der Waals surface area contributed by atoms with E-state index in [1.54, 1.807) is 0 Å². The van der Waals surface area contributed by atoms with Crippen LogP contribution in [0.3, 0.4) is 0 Å². The molecule has 1 fully saturated rings. The number of hydrogen-bond acceptors (Lipinski definition) is 4. The van der Waals surface area contributed by atoms with E-state index < -0.39 is 12.2 Å². The van der Waals surface area contributed by atoms with Crippen molar-refractivity contribution >= 4 is 0 Å². The number of rotatable bonds is 4. The fourth-order valence-corrected chi connectivity index (χ4v) is 0.804. The molecule has 3 atom stereocenters. The van der Waals surface area contributed by atoms with Gasteiger partial charge in [-0.25, -0.2) is 0 Å². The van der Waals surface area contributed by atoms with Crippen LogP contribution in [0.5, 0.6) is 0 Å². The van der Waals surface area contributed by atoms with E-state index in [0.717, 1.165) is 0 Å². The molecule has 1 aliphatic rings. The summed E-state index contributed by atoms with van der Waals surface area (Å²) in [6.45, 7) is 0.411. The molecule has 0 bridgehead atoms. The number of ether oxygens (including phenoxy) is 1. The molecular formula is C6H12O4. The Morgan fingerprint density at radius 3 is 2.50 bits per heavy atom. The molecule has 0 aromatic heterocycles. The Hall–Kier alpha value is -0.160. The van der Waals surface area contributed by atoms with Crippen molar-refractivity contribution in [1.82, 2.24) is 0 Å². The zero-order valence-electron chi connectivity index (χ0n) is 5.60. The predicted molar refractivity (Wildman–Crippen MR) is 33.5 cm³/mol. The van der Waals surface area contributed by atoms with Crippen LogP contribution in [0, 0.1) is 0 Å². The minimum Gasteiger partial charge on any atom is -0.396 e. The first-order valence-electron chi connectivity index (χ1n) is 3.34. The van der Waals surface area contributed by atoms with Gasteiger partial charge in [0.05, 0.1) is 12.7 Å². The summed E-state index contributed by atoms with van der Waals surface area (Å²) in [4.78, 5) is 0. The van der Waals surface area contributed by atoms with Gasteiger partial charge in [-0.3, -0.25) is 0 Å². The Kier molecular flexibility index (Phi) is 2.62. The normalized spacial score (nSPS) is 29.7. The summed E-state index contributed by atoms with van der Waals surface area (Å²) in [5.74, 6) is 0. The highest BCUT2D eigenvalue weighted by Gasteiger charge is 2.35. The molecule has 60 valence electrons. The molecule has 0 radical (unpaired) electrons. The summed E-state index contributed by atoms with van der Waals surface area (Å²) < 4.78 is 4.75. The van der Waals surface area contributed by atoms with E-state index in [-0.39, 0.29) is 19.1 Å². The Labute approximate surface area is 59.1 Å². The lowest BCUT2D eigenvalue weighted by Gasteiger charge is -2.13. The van der Waals surface area contributed by atoms with Crippen molar-refractivity contribution < 1.29 is 20.1 Å². The molecule has 1 rings (SSSR count). The minimum atomic E-state index is -0.850. The van der Waals surface area contributed by atoms with Crippen molar-refractivity contribution in [2.75, 3.05) is 13.2 Å². The Bertz CT molecular complexity index is 102. The summed E-state index contributed by atoms with van der Waals surface area (Å²) in [5.41, 5.74) is 0. The third-order valence-corrected chi connectivity index (χ3v) is 1.56. The van der Waals surface area contributed by atoms with Gasteiger partial charge in [-0.15, -0.1) is 0 Å². The lowest BCUT2D eigenvalue weighted by molar-refractivity contribution is -0.00906. The molecule has 0 spiro atoms. The summed E-state index contributed by atoms with van der Waals surface area (Å²) in [6, 6.07) is 0. The topological polar surface area (TPSA) is 73.2 Å². The third-order valence-electron chi connectivity index (χ3n) is 1.56. The van der Waals surface area contributed by atoms with Gasteiger partial charge in [0.1, 0.15) is 12.2 Å². The van der Waals surface area contributed by atoms with Crippen molar-refractivity contribution in [2.45, 2.75) is 24.7 Å². The zero-order chi connectivity index (χ0) is 7.56. The summed E-state index contributed by atoms with van der Waals surface area (Å²) in [6.07, 6.45) is -1.67. The molecule has 1 aliphatic heterocycles. The highest BCUT2D eigenvalue weighted by molar-refractivity contribution is 4.83. The quantitative estimate of drug-likeness (QED) is 0.424. The average molecular weight is 148 g/mol. The molecule has 10 heavy (non-hydrogen) atoms. The molecule has 0 aromatic carbocycles. The number of hydrogen-bond donors (Lipinski definition) is 3. The molecular weight excluding hydrogens is 136 g/mol. The molecule has 0 aliphatic carbocycles. The van der Waals surface area contributed by atoms with Crippen LogP contribution in [0.1, 0.15) is 6.42 Å². The molecule has 3 unspecified atom stereocenters. The maximum absolute atomic E-state index is 9.10. The fourth-order valence-electron chi connectivity index (χ4n) is 0.804. The number of aliphatic hydroxyl groups excluding tert-OH is 3. The zero-order valence-corrected chi connectivity index (χ0v) is 5.60. The molecule has 1 saturated heterocycles. The largest absolute Gasteiger partial charge is 0.396 e. The van der Waals surface area contributed by atoms with E-state index in [1.807, 2.05) is 0 Å². The highest BCUT2D eigenvalue weighted by atomic mass is 16.6. The van der Waals surface area contributed by atoms with Gasteiger partial charge in [0.25, 0.3) is 0 Å². The average Bonchev–Trinajstić information content (AvgIpc) is 2.68. The second kappa shape index (κ2) is 3.30. The van der Waals surface area contributed by atoms with Crippen LogP contribution in [0.25, 0.3) is 0 Å². The third kappa shape index (κ3) is 1.91. The fraction of sp³-hybridized carbons (Fsp3) is 1.00. The van der Waals surface area contributed by atoms with E-state index >= 15 is 0 Å². The molecule has 1 heterocycles.